The van der Waals surface area contributed by atoms with Crippen molar-refractivity contribution in [1.82, 2.24) is 10.2 Å². The van der Waals surface area contributed by atoms with E-state index in [2.05, 4.69) is 10.2 Å². The summed E-state index contributed by atoms with van der Waals surface area (Å²) in [5.74, 6) is 0.643. The van der Waals surface area contributed by atoms with Crippen LogP contribution >= 0.6 is 11.3 Å². The molecular weight excluding hydrogens is 248 g/mol. The molecule has 0 spiro atoms. The number of carbonyl (C=O) groups is 1. The van der Waals surface area contributed by atoms with Crippen LogP contribution in [0.15, 0.2) is 17.5 Å². The lowest BCUT2D eigenvalue weighted by Gasteiger charge is -2.44. The lowest BCUT2D eigenvalue weighted by atomic mass is 9.84. The number of alkyl carbamates (subject to hydrolysis) is 1. The summed E-state index contributed by atoms with van der Waals surface area (Å²) in [5.41, 5.74) is 0. The van der Waals surface area contributed by atoms with Gasteiger partial charge in [0.1, 0.15) is 6.61 Å². The highest BCUT2D eigenvalue weighted by Gasteiger charge is 2.35. The molecule has 4 rings (SSSR count). The van der Waals surface area contributed by atoms with E-state index >= 15 is 0 Å². The van der Waals surface area contributed by atoms with Gasteiger partial charge in [-0.2, -0.15) is 0 Å². The second-order valence-electron chi connectivity index (χ2n) is 5.04. The molecule has 0 saturated carbocycles. The van der Waals surface area contributed by atoms with Crippen molar-refractivity contribution in [3.63, 3.8) is 0 Å². The summed E-state index contributed by atoms with van der Waals surface area (Å²) >= 11 is 1.61. The van der Waals surface area contributed by atoms with Gasteiger partial charge in [-0.05, 0) is 43.3 Å². The molecule has 3 fully saturated rings. The molecule has 1 aromatic heterocycles. The predicted molar refractivity (Wildman–Crippen MR) is 70.6 cm³/mol. The maximum Gasteiger partial charge on any atom is 0.407 e. The summed E-state index contributed by atoms with van der Waals surface area (Å²) in [6, 6.07) is 4.23. The van der Waals surface area contributed by atoms with E-state index in [1.165, 1.54) is 25.9 Å². The number of carbonyl (C=O) groups excluding carboxylic acids is 1. The highest BCUT2D eigenvalue weighted by Crippen LogP contribution is 2.27. The Morgan fingerprint density at radius 2 is 2.33 bits per heavy atom. The number of piperidine rings is 3. The number of amides is 1. The average molecular weight is 266 g/mol. The minimum atomic E-state index is -0.276. The van der Waals surface area contributed by atoms with Crippen LogP contribution in [0.2, 0.25) is 0 Å². The summed E-state index contributed by atoms with van der Waals surface area (Å²) in [7, 11) is 0. The maximum atomic E-state index is 11.7. The molecule has 4 heterocycles. The first-order valence-corrected chi connectivity index (χ1v) is 7.37. The van der Waals surface area contributed by atoms with Crippen LogP contribution in [0.25, 0.3) is 0 Å². The van der Waals surface area contributed by atoms with Crippen molar-refractivity contribution in [3.8, 4) is 0 Å². The second kappa shape index (κ2) is 5.28. The number of hydrogen-bond donors (Lipinski definition) is 1. The van der Waals surface area contributed by atoms with Crippen LogP contribution in [0, 0.1) is 5.92 Å². The Bertz CT molecular complexity index is 399. The fraction of sp³-hybridized carbons (Fsp3) is 0.615. The molecule has 1 amide bonds. The third kappa shape index (κ3) is 2.67. The van der Waals surface area contributed by atoms with E-state index in [1.807, 2.05) is 17.5 Å². The van der Waals surface area contributed by atoms with Gasteiger partial charge in [0.05, 0.1) is 0 Å². The van der Waals surface area contributed by atoms with E-state index < -0.39 is 0 Å². The first-order chi connectivity index (χ1) is 8.81. The first kappa shape index (κ1) is 12.0. The van der Waals surface area contributed by atoms with Gasteiger partial charge in [-0.15, -0.1) is 11.3 Å². The van der Waals surface area contributed by atoms with Gasteiger partial charge in [-0.3, -0.25) is 0 Å². The normalized spacial score (nSPS) is 30.1. The SMILES string of the molecule is O=C(NC1CN2CCC1CC2)OCc1cccs1. The lowest BCUT2D eigenvalue weighted by Crippen LogP contribution is -2.57. The molecule has 1 atom stereocenters. The Labute approximate surface area is 111 Å². The molecule has 18 heavy (non-hydrogen) atoms. The molecule has 0 aromatic carbocycles. The number of fused-ring (bicyclic) bond motifs is 3. The van der Waals surface area contributed by atoms with Crippen molar-refractivity contribution in [1.29, 1.82) is 0 Å². The number of hydrogen-bond acceptors (Lipinski definition) is 4. The van der Waals surface area contributed by atoms with Gasteiger partial charge in [-0.1, -0.05) is 6.07 Å². The third-order valence-corrected chi connectivity index (χ3v) is 4.73. The molecule has 3 aliphatic heterocycles. The van der Waals surface area contributed by atoms with Gasteiger partial charge in [0.25, 0.3) is 0 Å². The van der Waals surface area contributed by atoms with Crippen molar-refractivity contribution >= 4 is 17.4 Å². The lowest BCUT2D eigenvalue weighted by molar-refractivity contribution is 0.0644. The summed E-state index contributed by atoms with van der Waals surface area (Å²) in [6.45, 7) is 3.74. The molecule has 4 nitrogen and oxygen atoms in total. The number of nitrogens with zero attached hydrogens (tertiary/aromatic N) is 1. The van der Waals surface area contributed by atoms with E-state index in [9.17, 15) is 4.79 Å². The van der Waals surface area contributed by atoms with E-state index in [4.69, 9.17) is 4.74 Å². The number of rotatable bonds is 3. The Morgan fingerprint density at radius 3 is 2.94 bits per heavy atom. The van der Waals surface area contributed by atoms with Gasteiger partial charge in [0.2, 0.25) is 0 Å². The first-order valence-electron chi connectivity index (χ1n) is 6.49. The zero-order valence-electron chi connectivity index (χ0n) is 10.3. The van der Waals surface area contributed by atoms with E-state index in [-0.39, 0.29) is 12.1 Å². The molecule has 2 bridgehead atoms. The standard InChI is InChI=1S/C13H18N2O2S/c16-13(17-9-11-2-1-7-18-11)14-12-8-15-5-3-10(12)4-6-15/h1-2,7,10,12H,3-6,8-9H2,(H,14,16). The number of ether oxygens (including phenoxy) is 1. The van der Waals surface area contributed by atoms with Crippen molar-refractivity contribution in [2.75, 3.05) is 19.6 Å². The van der Waals surface area contributed by atoms with Crippen molar-refractivity contribution < 1.29 is 9.53 Å². The smallest absolute Gasteiger partial charge is 0.407 e. The summed E-state index contributed by atoms with van der Waals surface area (Å²) in [4.78, 5) is 15.2. The van der Waals surface area contributed by atoms with Gasteiger partial charge in [0, 0.05) is 17.5 Å². The topological polar surface area (TPSA) is 41.6 Å². The Morgan fingerprint density at radius 1 is 1.50 bits per heavy atom. The van der Waals surface area contributed by atoms with E-state index in [0.717, 1.165) is 11.4 Å². The molecule has 5 heteroatoms. The van der Waals surface area contributed by atoms with Gasteiger partial charge < -0.3 is 15.0 Å². The van der Waals surface area contributed by atoms with Crippen LogP contribution < -0.4 is 5.32 Å². The molecule has 0 radical (unpaired) electrons. The minimum Gasteiger partial charge on any atom is -0.444 e. The van der Waals surface area contributed by atoms with Crippen molar-refractivity contribution in [2.45, 2.75) is 25.5 Å². The van der Waals surface area contributed by atoms with E-state index in [1.54, 1.807) is 11.3 Å². The quantitative estimate of drug-likeness (QED) is 0.910. The zero-order valence-corrected chi connectivity index (χ0v) is 11.1. The molecule has 3 saturated heterocycles. The van der Waals surface area contributed by atoms with Gasteiger partial charge in [0.15, 0.2) is 0 Å². The fourth-order valence-corrected chi connectivity index (χ4v) is 3.47. The zero-order chi connectivity index (χ0) is 12.4. The molecule has 1 N–H and O–H groups in total. The third-order valence-electron chi connectivity index (χ3n) is 3.89. The second-order valence-corrected chi connectivity index (χ2v) is 6.08. The maximum absolute atomic E-state index is 11.7. The average Bonchev–Trinajstić information content (AvgIpc) is 2.91. The molecule has 3 aliphatic rings. The molecule has 1 unspecified atom stereocenters. The number of nitrogens with one attached hydrogen (secondary N) is 1. The molecule has 98 valence electrons. The van der Waals surface area contributed by atoms with Crippen molar-refractivity contribution in [3.05, 3.63) is 22.4 Å². The Kier molecular flexibility index (Phi) is 3.52. The highest BCUT2D eigenvalue weighted by molar-refractivity contribution is 7.09. The van der Waals surface area contributed by atoms with Crippen LogP contribution in [-0.4, -0.2) is 36.7 Å². The van der Waals surface area contributed by atoms with Crippen LogP contribution in [0.1, 0.15) is 17.7 Å². The van der Waals surface area contributed by atoms with Crippen LogP contribution in [0.5, 0.6) is 0 Å². The number of thiophene rings is 1. The molecular formula is C13H18N2O2S. The van der Waals surface area contributed by atoms with E-state index in [0.29, 0.717) is 12.5 Å². The fourth-order valence-electron chi connectivity index (χ4n) is 2.85. The Hall–Kier alpha value is -1.07. The van der Waals surface area contributed by atoms with Crippen LogP contribution in [0.4, 0.5) is 4.79 Å². The summed E-state index contributed by atoms with van der Waals surface area (Å²) < 4.78 is 5.24. The highest BCUT2D eigenvalue weighted by atomic mass is 32.1. The van der Waals surface area contributed by atoms with Gasteiger partial charge >= 0.3 is 6.09 Å². The molecule has 0 aliphatic carbocycles. The minimum absolute atomic E-state index is 0.276. The van der Waals surface area contributed by atoms with Crippen molar-refractivity contribution in [2.24, 2.45) is 5.92 Å². The van der Waals surface area contributed by atoms with Gasteiger partial charge in [-0.25, -0.2) is 4.79 Å². The summed E-state index contributed by atoms with van der Waals surface area (Å²) in [5, 5.41) is 5.00. The van der Waals surface area contributed by atoms with Crippen LogP contribution in [-0.2, 0) is 11.3 Å². The largest absolute Gasteiger partial charge is 0.444 e. The Balaban J connectivity index is 1.46. The monoisotopic (exact) mass is 266 g/mol. The molecule has 1 aromatic rings. The summed E-state index contributed by atoms with van der Waals surface area (Å²) in [6.07, 6.45) is 2.13. The predicted octanol–water partition coefficient (Wildman–Crippen LogP) is 2.07. The van der Waals surface area contributed by atoms with Crippen LogP contribution in [0.3, 0.4) is 0 Å².